The Hall–Kier alpha value is -1.19. The Bertz CT molecular complexity index is 464. The Labute approximate surface area is 106 Å². The SMILES string of the molecule is COC(c1ccccc1)c1ncc(C(C)C)s1. The van der Waals surface area contributed by atoms with Crippen LogP contribution in [0.5, 0.6) is 0 Å². The van der Waals surface area contributed by atoms with Crippen LogP contribution in [-0.4, -0.2) is 12.1 Å². The Kier molecular flexibility index (Phi) is 3.92. The highest BCUT2D eigenvalue weighted by Gasteiger charge is 2.17. The molecule has 2 aromatic rings. The minimum Gasteiger partial charge on any atom is -0.370 e. The molecule has 0 amide bonds. The molecule has 2 nitrogen and oxygen atoms in total. The van der Waals surface area contributed by atoms with Crippen LogP contribution in [0.15, 0.2) is 36.5 Å². The third-order valence-corrected chi connectivity index (χ3v) is 4.01. The van der Waals surface area contributed by atoms with Crippen LogP contribution in [0.4, 0.5) is 0 Å². The highest BCUT2D eigenvalue weighted by molar-refractivity contribution is 7.11. The van der Waals surface area contributed by atoms with Gasteiger partial charge in [-0.15, -0.1) is 11.3 Å². The summed E-state index contributed by atoms with van der Waals surface area (Å²) in [4.78, 5) is 5.78. The average Bonchev–Trinajstić information content (AvgIpc) is 2.81. The number of benzene rings is 1. The van der Waals surface area contributed by atoms with Crippen molar-refractivity contribution in [3.8, 4) is 0 Å². The van der Waals surface area contributed by atoms with E-state index in [1.54, 1.807) is 18.4 Å². The number of rotatable bonds is 4. The highest BCUT2D eigenvalue weighted by atomic mass is 32.1. The first kappa shape index (κ1) is 12.3. The molecule has 1 atom stereocenters. The fourth-order valence-electron chi connectivity index (χ4n) is 1.70. The van der Waals surface area contributed by atoms with E-state index >= 15 is 0 Å². The van der Waals surface area contributed by atoms with Crippen LogP contribution in [0.1, 0.15) is 41.3 Å². The van der Waals surface area contributed by atoms with E-state index in [1.807, 2.05) is 24.4 Å². The number of methoxy groups -OCH3 is 1. The molecule has 1 unspecified atom stereocenters. The van der Waals surface area contributed by atoms with E-state index in [1.165, 1.54) is 4.88 Å². The van der Waals surface area contributed by atoms with Gasteiger partial charge in [-0.2, -0.15) is 0 Å². The second-order valence-corrected chi connectivity index (χ2v) is 5.38. The maximum atomic E-state index is 5.56. The molecular formula is C14H17NOS. The molecule has 0 spiro atoms. The number of thiazole rings is 1. The lowest BCUT2D eigenvalue weighted by Crippen LogP contribution is -2.02. The van der Waals surface area contributed by atoms with E-state index < -0.39 is 0 Å². The van der Waals surface area contributed by atoms with Gasteiger partial charge >= 0.3 is 0 Å². The molecule has 17 heavy (non-hydrogen) atoms. The summed E-state index contributed by atoms with van der Waals surface area (Å²) in [5.41, 5.74) is 1.15. The zero-order chi connectivity index (χ0) is 12.3. The Morgan fingerprint density at radius 2 is 1.88 bits per heavy atom. The van der Waals surface area contributed by atoms with Crippen molar-refractivity contribution in [2.75, 3.05) is 7.11 Å². The lowest BCUT2D eigenvalue weighted by molar-refractivity contribution is 0.136. The Balaban J connectivity index is 2.29. The standard InChI is InChI=1S/C14H17NOS/c1-10(2)12-9-15-14(17-12)13(16-3)11-7-5-4-6-8-11/h4-10,13H,1-3H3. The number of hydrogen-bond acceptors (Lipinski definition) is 3. The van der Waals surface area contributed by atoms with E-state index in [4.69, 9.17) is 4.74 Å². The molecule has 1 heterocycles. The molecule has 0 radical (unpaired) electrons. The predicted octanol–water partition coefficient (Wildman–Crippen LogP) is 4.00. The van der Waals surface area contributed by atoms with Gasteiger partial charge in [0.05, 0.1) is 0 Å². The molecule has 0 saturated heterocycles. The zero-order valence-electron chi connectivity index (χ0n) is 10.4. The van der Waals surface area contributed by atoms with Gasteiger partial charge in [0.1, 0.15) is 11.1 Å². The quantitative estimate of drug-likeness (QED) is 0.814. The van der Waals surface area contributed by atoms with Gasteiger partial charge in [-0.3, -0.25) is 0 Å². The van der Waals surface area contributed by atoms with Crippen LogP contribution in [-0.2, 0) is 4.74 Å². The summed E-state index contributed by atoms with van der Waals surface area (Å²) in [6, 6.07) is 10.2. The monoisotopic (exact) mass is 247 g/mol. The summed E-state index contributed by atoms with van der Waals surface area (Å²) in [6.45, 7) is 4.36. The molecular weight excluding hydrogens is 230 g/mol. The van der Waals surface area contributed by atoms with Crippen molar-refractivity contribution >= 4 is 11.3 Å². The van der Waals surface area contributed by atoms with Crippen molar-refractivity contribution < 1.29 is 4.74 Å². The molecule has 0 N–H and O–H groups in total. The number of hydrogen-bond donors (Lipinski definition) is 0. The van der Waals surface area contributed by atoms with Crippen LogP contribution >= 0.6 is 11.3 Å². The predicted molar refractivity (Wildman–Crippen MR) is 71.5 cm³/mol. The zero-order valence-corrected chi connectivity index (χ0v) is 11.2. The highest BCUT2D eigenvalue weighted by Crippen LogP contribution is 2.31. The number of ether oxygens (including phenoxy) is 1. The fraction of sp³-hybridized carbons (Fsp3) is 0.357. The Morgan fingerprint density at radius 1 is 1.18 bits per heavy atom. The second-order valence-electron chi connectivity index (χ2n) is 4.28. The van der Waals surface area contributed by atoms with Crippen molar-refractivity contribution in [1.29, 1.82) is 0 Å². The van der Waals surface area contributed by atoms with Crippen molar-refractivity contribution in [3.05, 3.63) is 52.0 Å². The molecule has 0 bridgehead atoms. The Morgan fingerprint density at radius 3 is 2.41 bits per heavy atom. The summed E-state index contributed by atoms with van der Waals surface area (Å²) >= 11 is 1.73. The van der Waals surface area contributed by atoms with Crippen molar-refractivity contribution in [2.24, 2.45) is 0 Å². The van der Waals surface area contributed by atoms with Crippen molar-refractivity contribution in [2.45, 2.75) is 25.9 Å². The van der Waals surface area contributed by atoms with Gasteiger partial charge in [0.25, 0.3) is 0 Å². The summed E-state index contributed by atoms with van der Waals surface area (Å²) in [5, 5.41) is 1.03. The summed E-state index contributed by atoms with van der Waals surface area (Å²) in [5.74, 6) is 0.523. The molecule has 0 aliphatic heterocycles. The van der Waals surface area contributed by atoms with Crippen LogP contribution in [0, 0.1) is 0 Å². The van der Waals surface area contributed by atoms with Gasteiger partial charge in [0.15, 0.2) is 0 Å². The van der Waals surface area contributed by atoms with Crippen molar-refractivity contribution in [1.82, 2.24) is 4.98 Å². The van der Waals surface area contributed by atoms with E-state index in [0.717, 1.165) is 10.6 Å². The molecule has 1 aromatic carbocycles. The van der Waals surface area contributed by atoms with Gasteiger partial charge in [-0.1, -0.05) is 44.2 Å². The summed E-state index contributed by atoms with van der Waals surface area (Å²) < 4.78 is 5.56. The van der Waals surface area contributed by atoms with Gasteiger partial charge in [0.2, 0.25) is 0 Å². The first-order chi connectivity index (χ1) is 8.22. The summed E-state index contributed by atoms with van der Waals surface area (Å²) in [6.07, 6.45) is 1.91. The molecule has 2 rings (SSSR count). The summed E-state index contributed by atoms with van der Waals surface area (Å²) in [7, 11) is 1.73. The van der Waals surface area contributed by atoms with E-state index in [9.17, 15) is 0 Å². The van der Waals surface area contributed by atoms with Crippen LogP contribution in [0.2, 0.25) is 0 Å². The van der Waals surface area contributed by atoms with Crippen LogP contribution in [0.3, 0.4) is 0 Å². The molecule has 90 valence electrons. The minimum absolute atomic E-state index is 0.0475. The van der Waals surface area contributed by atoms with E-state index in [0.29, 0.717) is 5.92 Å². The normalized spacial score (nSPS) is 12.9. The van der Waals surface area contributed by atoms with Gasteiger partial charge in [0, 0.05) is 18.2 Å². The maximum absolute atomic E-state index is 5.56. The molecule has 0 aliphatic rings. The van der Waals surface area contributed by atoms with Crippen LogP contribution < -0.4 is 0 Å². The smallest absolute Gasteiger partial charge is 0.134 e. The number of aromatic nitrogens is 1. The lowest BCUT2D eigenvalue weighted by atomic mass is 10.1. The third kappa shape index (κ3) is 2.73. The number of nitrogens with zero attached hydrogens (tertiary/aromatic N) is 1. The van der Waals surface area contributed by atoms with Crippen LogP contribution in [0.25, 0.3) is 0 Å². The molecule has 0 aliphatic carbocycles. The topological polar surface area (TPSA) is 22.1 Å². The molecule has 3 heteroatoms. The van der Waals surface area contributed by atoms with E-state index in [-0.39, 0.29) is 6.10 Å². The lowest BCUT2D eigenvalue weighted by Gasteiger charge is -2.12. The largest absolute Gasteiger partial charge is 0.370 e. The molecule has 0 saturated carbocycles. The first-order valence-electron chi connectivity index (χ1n) is 5.75. The van der Waals surface area contributed by atoms with Crippen molar-refractivity contribution in [3.63, 3.8) is 0 Å². The fourth-order valence-corrected chi connectivity index (χ4v) is 2.72. The third-order valence-electron chi connectivity index (χ3n) is 2.67. The molecule has 0 fully saturated rings. The van der Waals surface area contributed by atoms with Gasteiger partial charge in [-0.05, 0) is 11.5 Å². The average molecular weight is 247 g/mol. The minimum atomic E-state index is -0.0475. The maximum Gasteiger partial charge on any atom is 0.134 e. The first-order valence-corrected chi connectivity index (χ1v) is 6.57. The van der Waals surface area contributed by atoms with E-state index in [2.05, 4.69) is 31.0 Å². The van der Waals surface area contributed by atoms with Gasteiger partial charge < -0.3 is 4.74 Å². The molecule has 1 aromatic heterocycles. The van der Waals surface area contributed by atoms with Gasteiger partial charge in [-0.25, -0.2) is 4.98 Å². The second kappa shape index (κ2) is 5.43.